The van der Waals surface area contributed by atoms with Crippen LogP contribution in [0.2, 0.25) is 0 Å². The number of carbonyl (C=O) groups is 1. The predicted octanol–water partition coefficient (Wildman–Crippen LogP) is 1.17. The zero-order valence-corrected chi connectivity index (χ0v) is 13.0. The van der Waals surface area contributed by atoms with E-state index in [1.807, 2.05) is 16.5 Å². The molecule has 4 rings (SSSR count). The summed E-state index contributed by atoms with van der Waals surface area (Å²) in [5.74, 6) is 1.55. The summed E-state index contributed by atoms with van der Waals surface area (Å²) in [5.41, 5.74) is 6.31. The summed E-state index contributed by atoms with van der Waals surface area (Å²) in [6.07, 6.45) is 5.45. The number of hydrogen-bond acceptors (Lipinski definition) is 5. The molecule has 0 radical (unpaired) electrons. The van der Waals surface area contributed by atoms with Gasteiger partial charge in [0.2, 0.25) is 5.91 Å². The second kappa shape index (κ2) is 5.25. The third kappa shape index (κ3) is 2.25. The number of nitrogens with two attached hydrogens (primary N) is 1. The van der Waals surface area contributed by atoms with Gasteiger partial charge in [-0.25, -0.2) is 4.98 Å². The highest BCUT2D eigenvalue weighted by Gasteiger charge is 2.50. The Morgan fingerprint density at radius 1 is 1.24 bits per heavy atom. The normalized spacial score (nSPS) is 35.5. The SMILES string of the molecule is NC1C2CCC(C2)C1C(=O)N1CCN(c2nccs2)CC1. The number of carbonyl (C=O) groups excluding carboxylic acids is 1. The van der Waals surface area contributed by atoms with Crippen molar-refractivity contribution in [3.05, 3.63) is 11.6 Å². The molecule has 3 fully saturated rings. The molecule has 1 amide bonds. The first kappa shape index (κ1) is 13.5. The average molecular weight is 306 g/mol. The van der Waals surface area contributed by atoms with Gasteiger partial charge in [0.05, 0.1) is 5.92 Å². The van der Waals surface area contributed by atoms with Gasteiger partial charge in [-0.05, 0) is 31.1 Å². The van der Waals surface area contributed by atoms with Gasteiger partial charge in [-0.2, -0.15) is 0 Å². The zero-order chi connectivity index (χ0) is 14.4. The molecule has 2 bridgehead atoms. The van der Waals surface area contributed by atoms with Crippen LogP contribution < -0.4 is 10.6 Å². The quantitative estimate of drug-likeness (QED) is 0.891. The molecule has 1 aliphatic heterocycles. The Balaban J connectivity index is 1.39. The molecule has 1 saturated heterocycles. The molecule has 3 aliphatic rings. The summed E-state index contributed by atoms with van der Waals surface area (Å²) in [4.78, 5) is 21.5. The molecule has 0 aromatic carbocycles. The van der Waals surface area contributed by atoms with E-state index in [1.54, 1.807) is 11.3 Å². The van der Waals surface area contributed by atoms with Gasteiger partial charge < -0.3 is 15.5 Å². The average Bonchev–Trinajstić information content (AvgIpc) is 3.24. The van der Waals surface area contributed by atoms with E-state index in [1.165, 1.54) is 19.3 Å². The topological polar surface area (TPSA) is 62.5 Å². The standard InChI is InChI=1S/C15H22N4OS/c16-13-11-2-1-10(9-11)12(13)14(20)18-4-6-19(7-5-18)15-17-3-8-21-15/h3,8,10-13H,1-2,4-7,9,16H2. The summed E-state index contributed by atoms with van der Waals surface area (Å²) in [5, 5.41) is 3.07. The van der Waals surface area contributed by atoms with Crippen LogP contribution >= 0.6 is 11.3 Å². The highest BCUT2D eigenvalue weighted by molar-refractivity contribution is 7.13. The van der Waals surface area contributed by atoms with E-state index in [0.29, 0.717) is 17.7 Å². The number of aromatic nitrogens is 1. The molecule has 2 N–H and O–H groups in total. The lowest BCUT2D eigenvalue weighted by molar-refractivity contribution is -0.138. The second-order valence-electron chi connectivity index (χ2n) is 6.56. The molecule has 5 nitrogen and oxygen atoms in total. The highest BCUT2D eigenvalue weighted by atomic mass is 32.1. The highest BCUT2D eigenvalue weighted by Crippen LogP contribution is 2.48. The number of anilines is 1. The molecule has 2 aliphatic carbocycles. The minimum atomic E-state index is 0.0927. The lowest BCUT2D eigenvalue weighted by Crippen LogP contribution is -2.53. The maximum absolute atomic E-state index is 12.8. The summed E-state index contributed by atoms with van der Waals surface area (Å²) >= 11 is 1.67. The number of amides is 1. The lowest BCUT2D eigenvalue weighted by Gasteiger charge is -2.38. The fourth-order valence-corrected chi connectivity index (χ4v) is 5.10. The van der Waals surface area contributed by atoms with Crippen LogP contribution in [0.1, 0.15) is 19.3 Å². The van der Waals surface area contributed by atoms with E-state index < -0.39 is 0 Å². The minimum Gasteiger partial charge on any atom is -0.345 e. The van der Waals surface area contributed by atoms with E-state index in [2.05, 4.69) is 9.88 Å². The Hall–Kier alpha value is -1.14. The van der Waals surface area contributed by atoms with Crippen molar-refractivity contribution in [1.82, 2.24) is 9.88 Å². The van der Waals surface area contributed by atoms with Crippen molar-refractivity contribution in [3.63, 3.8) is 0 Å². The fourth-order valence-electron chi connectivity index (χ4n) is 4.40. The van der Waals surface area contributed by atoms with Crippen LogP contribution in [0.15, 0.2) is 11.6 Å². The van der Waals surface area contributed by atoms with Crippen LogP contribution in [0.4, 0.5) is 5.13 Å². The Labute approximate surface area is 129 Å². The Bertz CT molecular complexity index is 510. The van der Waals surface area contributed by atoms with E-state index >= 15 is 0 Å². The number of piperazine rings is 1. The second-order valence-corrected chi connectivity index (χ2v) is 7.44. The molecule has 1 aromatic rings. The van der Waals surface area contributed by atoms with Crippen molar-refractivity contribution < 1.29 is 4.79 Å². The first-order valence-electron chi connectivity index (χ1n) is 7.93. The monoisotopic (exact) mass is 306 g/mol. The molecule has 21 heavy (non-hydrogen) atoms. The molecule has 1 aromatic heterocycles. The number of fused-ring (bicyclic) bond motifs is 2. The number of thiazole rings is 1. The first-order chi connectivity index (χ1) is 10.2. The maximum atomic E-state index is 12.8. The zero-order valence-electron chi connectivity index (χ0n) is 12.1. The van der Waals surface area contributed by atoms with Crippen molar-refractivity contribution in [1.29, 1.82) is 0 Å². The van der Waals surface area contributed by atoms with E-state index in [4.69, 9.17) is 5.73 Å². The predicted molar refractivity (Wildman–Crippen MR) is 83.2 cm³/mol. The van der Waals surface area contributed by atoms with Gasteiger partial charge in [0.25, 0.3) is 0 Å². The largest absolute Gasteiger partial charge is 0.345 e. The van der Waals surface area contributed by atoms with Crippen molar-refractivity contribution >= 4 is 22.4 Å². The van der Waals surface area contributed by atoms with Crippen LogP contribution in [-0.4, -0.2) is 48.0 Å². The summed E-state index contributed by atoms with van der Waals surface area (Å²) < 4.78 is 0. The van der Waals surface area contributed by atoms with Crippen molar-refractivity contribution in [2.75, 3.05) is 31.1 Å². The van der Waals surface area contributed by atoms with Gasteiger partial charge in [-0.1, -0.05) is 0 Å². The molecular weight excluding hydrogens is 284 g/mol. The van der Waals surface area contributed by atoms with Crippen molar-refractivity contribution in [2.24, 2.45) is 23.5 Å². The molecule has 0 spiro atoms. The molecule has 6 heteroatoms. The van der Waals surface area contributed by atoms with Crippen LogP contribution in [0.25, 0.3) is 0 Å². The third-order valence-corrected chi connectivity index (χ3v) is 6.38. The molecule has 4 atom stereocenters. The molecule has 2 saturated carbocycles. The van der Waals surface area contributed by atoms with E-state index in [9.17, 15) is 4.79 Å². The summed E-state index contributed by atoms with van der Waals surface area (Å²) in [7, 11) is 0. The summed E-state index contributed by atoms with van der Waals surface area (Å²) in [6, 6.07) is 0.105. The molecule has 4 unspecified atom stereocenters. The van der Waals surface area contributed by atoms with Crippen LogP contribution in [0, 0.1) is 17.8 Å². The number of rotatable bonds is 2. The number of hydrogen-bond donors (Lipinski definition) is 1. The fraction of sp³-hybridized carbons (Fsp3) is 0.733. The molecule has 114 valence electrons. The van der Waals surface area contributed by atoms with Gasteiger partial charge in [0, 0.05) is 43.8 Å². The van der Waals surface area contributed by atoms with Gasteiger partial charge in [0.1, 0.15) is 0 Å². The number of nitrogens with zero attached hydrogens (tertiary/aromatic N) is 3. The smallest absolute Gasteiger partial charge is 0.227 e. The van der Waals surface area contributed by atoms with Crippen LogP contribution in [0.3, 0.4) is 0 Å². The van der Waals surface area contributed by atoms with Gasteiger partial charge >= 0.3 is 0 Å². The Morgan fingerprint density at radius 3 is 2.62 bits per heavy atom. The van der Waals surface area contributed by atoms with Crippen molar-refractivity contribution in [3.8, 4) is 0 Å². The Kier molecular flexibility index (Phi) is 3.38. The Morgan fingerprint density at radius 2 is 2.00 bits per heavy atom. The third-order valence-electron chi connectivity index (χ3n) is 5.55. The van der Waals surface area contributed by atoms with E-state index in [-0.39, 0.29) is 12.0 Å². The van der Waals surface area contributed by atoms with Crippen LogP contribution in [0.5, 0.6) is 0 Å². The van der Waals surface area contributed by atoms with E-state index in [0.717, 1.165) is 31.3 Å². The lowest BCUT2D eigenvalue weighted by atomic mass is 9.84. The van der Waals surface area contributed by atoms with Crippen LogP contribution in [-0.2, 0) is 4.79 Å². The van der Waals surface area contributed by atoms with Gasteiger partial charge in [0.15, 0.2) is 5.13 Å². The molecule has 2 heterocycles. The molecular formula is C15H22N4OS. The van der Waals surface area contributed by atoms with Crippen molar-refractivity contribution in [2.45, 2.75) is 25.3 Å². The van der Waals surface area contributed by atoms with Gasteiger partial charge in [-0.15, -0.1) is 11.3 Å². The minimum absolute atomic E-state index is 0.0927. The summed E-state index contributed by atoms with van der Waals surface area (Å²) in [6.45, 7) is 3.38. The maximum Gasteiger partial charge on any atom is 0.227 e. The first-order valence-corrected chi connectivity index (χ1v) is 8.81. The van der Waals surface area contributed by atoms with Gasteiger partial charge in [-0.3, -0.25) is 4.79 Å².